The maximum Gasteiger partial charge on any atom is 0.318 e. The van der Waals surface area contributed by atoms with Gasteiger partial charge in [0.15, 0.2) is 0 Å². The number of nitrogens with two attached hydrogens (primary N) is 1. The van der Waals surface area contributed by atoms with Crippen molar-refractivity contribution in [3.63, 3.8) is 0 Å². The summed E-state index contributed by atoms with van der Waals surface area (Å²) in [4.78, 5) is 24.8. The van der Waals surface area contributed by atoms with Crippen LogP contribution in [0.1, 0.15) is 6.92 Å². The number of fused-ring (bicyclic) bond motifs is 1. The lowest BCUT2D eigenvalue weighted by Crippen LogP contribution is -2.55. The number of carbonyl (C=O) groups is 2. The third kappa shape index (κ3) is 4.10. The van der Waals surface area contributed by atoms with E-state index in [1.165, 1.54) is 4.31 Å². The monoisotopic (exact) mass is 390 g/mol. The van der Waals surface area contributed by atoms with Gasteiger partial charge in [-0.1, -0.05) is 30.3 Å². The molecule has 9 heteroatoms. The molecule has 0 saturated carbocycles. The molecule has 1 fully saturated rings. The first-order valence-electron chi connectivity index (χ1n) is 8.62. The molecule has 1 saturated heterocycles. The Kier molecular flexibility index (Phi) is 5.45. The third-order valence-corrected chi connectivity index (χ3v) is 6.70. The van der Waals surface area contributed by atoms with Crippen molar-refractivity contribution in [3.8, 4) is 0 Å². The molecule has 27 heavy (non-hydrogen) atoms. The fourth-order valence-corrected chi connectivity index (χ4v) is 4.66. The van der Waals surface area contributed by atoms with Gasteiger partial charge in [0.1, 0.15) is 0 Å². The number of sulfonamides is 1. The third-order valence-electron chi connectivity index (χ3n) is 4.81. The highest BCUT2D eigenvalue weighted by molar-refractivity contribution is 7.89. The highest BCUT2D eigenvalue weighted by Gasteiger charge is 2.32. The largest absolute Gasteiger partial charge is 0.351 e. The van der Waals surface area contributed by atoms with Crippen LogP contribution in [0.25, 0.3) is 10.8 Å². The Hall–Kier alpha value is -2.49. The quantitative estimate of drug-likeness (QED) is 0.799. The smallest absolute Gasteiger partial charge is 0.318 e. The van der Waals surface area contributed by atoms with Gasteiger partial charge < -0.3 is 5.73 Å². The van der Waals surface area contributed by atoms with Gasteiger partial charge in [-0.3, -0.25) is 15.0 Å². The first kappa shape index (κ1) is 19.3. The number of hydrogen-bond acceptors (Lipinski definition) is 5. The molecule has 0 spiro atoms. The summed E-state index contributed by atoms with van der Waals surface area (Å²) in [6.45, 7) is 2.97. The topological polar surface area (TPSA) is 113 Å². The molecule has 3 amide bonds. The molecule has 1 atom stereocenters. The highest BCUT2D eigenvalue weighted by atomic mass is 32.2. The van der Waals surface area contributed by atoms with Gasteiger partial charge in [0, 0.05) is 26.2 Å². The molecule has 1 heterocycles. The molecule has 144 valence electrons. The summed E-state index contributed by atoms with van der Waals surface area (Å²) in [5, 5.41) is 3.90. The van der Waals surface area contributed by atoms with Crippen LogP contribution in [0, 0.1) is 0 Å². The summed E-state index contributed by atoms with van der Waals surface area (Å²) in [6, 6.07) is 11.2. The predicted molar refractivity (Wildman–Crippen MR) is 101 cm³/mol. The predicted octanol–water partition coefficient (Wildman–Crippen LogP) is 0.730. The van der Waals surface area contributed by atoms with Crippen molar-refractivity contribution in [1.29, 1.82) is 0 Å². The number of nitrogens with one attached hydrogen (secondary N) is 1. The van der Waals surface area contributed by atoms with Crippen LogP contribution in [0.2, 0.25) is 0 Å². The maximum atomic E-state index is 13.0. The molecule has 2 aromatic rings. The van der Waals surface area contributed by atoms with Gasteiger partial charge >= 0.3 is 6.03 Å². The zero-order valence-electron chi connectivity index (χ0n) is 15.0. The highest BCUT2D eigenvalue weighted by Crippen LogP contribution is 2.23. The van der Waals surface area contributed by atoms with E-state index in [1.54, 1.807) is 25.1 Å². The van der Waals surface area contributed by atoms with E-state index in [1.807, 2.05) is 29.2 Å². The molecule has 1 aliphatic rings. The van der Waals surface area contributed by atoms with E-state index in [0.717, 1.165) is 10.8 Å². The Morgan fingerprint density at radius 2 is 1.67 bits per heavy atom. The van der Waals surface area contributed by atoms with Gasteiger partial charge in [-0.25, -0.2) is 13.2 Å². The lowest BCUT2D eigenvalue weighted by Gasteiger charge is -2.36. The fraction of sp³-hybridized carbons (Fsp3) is 0.333. The molecule has 1 unspecified atom stereocenters. The number of carbonyl (C=O) groups excluding carboxylic acids is 2. The number of imide groups is 1. The van der Waals surface area contributed by atoms with Crippen molar-refractivity contribution in [1.82, 2.24) is 14.5 Å². The first-order chi connectivity index (χ1) is 12.8. The second-order valence-corrected chi connectivity index (χ2v) is 8.42. The van der Waals surface area contributed by atoms with E-state index in [0.29, 0.717) is 13.1 Å². The molecular weight excluding hydrogens is 368 g/mol. The fourth-order valence-electron chi connectivity index (χ4n) is 3.20. The van der Waals surface area contributed by atoms with Crippen LogP contribution in [0.4, 0.5) is 4.79 Å². The summed E-state index contributed by atoms with van der Waals surface area (Å²) in [6.07, 6.45) is 0. The van der Waals surface area contributed by atoms with E-state index in [-0.39, 0.29) is 18.0 Å². The Labute approximate surface area is 158 Å². The van der Waals surface area contributed by atoms with Crippen LogP contribution >= 0.6 is 0 Å². The second-order valence-electron chi connectivity index (χ2n) is 6.48. The number of piperazine rings is 1. The van der Waals surface area contributed by atoms with E-state index in [9.17, 15) is 18.0 Å². The number of amides is 3. The van der Waals surface area contributed by atoms with Gasteiger partial charge in [-0.15, -0.1) is 0 Å². The number of urea groups is 1. The van der Waals surface area contributed by atoms with E-state index in [2.05, 4.69) is 5.32 Å². The van der Waals surface area contributed by atoms with Gasteiger partial charge in [-0.05, 0) is 29.8 Å². The number of primary amides is 1. The van der Waals surface area contributed by atoms with Gasteiger partial charge in [-0.2, -0.15) is 4.31 Å². The molecule has 3 rings (SSSR count). The summed E-state index contributed by atoms with van der Waals surface area (Å²) in [5.74, 6) is -0.492. The molecule has 1 aliphatic heterocycles. The van der Waals surface area contributed by atoms with Crippen molar-refractivity contribution in [2.24, 2.45) is 5.73 Å². The molecule has 2 aromatic carbocycles. The Morgan fingerprint density at radius 1 is 1.04 bits per heavy atom. The normalized spacial score (nSPS) is 17.5. The van der Waals surface area contributed by atoms with Gasteiger partial charge in [0.25, 0.3) is 0 Å². The Balaban J connectivity index is 1.70. The van der Waals surface area contributed by atoms with Crippen molar-refractivity contribution < 1.29 is 18.0 Å². The maximum absolute atomic E-state index is 13.0. The number of benzene rings is 2. The first-order valence-corrected chi connectivity index (χ1v) is 10.1. The van der Waals surface area contributed by atoms with Crippen molar-refractivity contribution in [2.75, 3.05) is 26.2 Å². The molecule has 0 radical (unpaired) electrons. The molecule has 3 N–H and O–H groups in total. The lowest BCUT2D eigenvalue weighted by atomic mass is 10.1. The van der Waals surface area contributed by atoms with Crippen LogP contribution in [0.3, 0.4) is 0 Å². The average molecular weight is 390 g/mol. The molecule has 0 bridgehead atoms. The van der Waals surface area contributed by atoms with Crippen LogP contribution in [-0.4, -0.2) is 61.8 Å². The average Bonchev–Trinajstić information content (AvgIpc) is 2.66. The SMILES string of the molecule is CC(C(=O)NC(N)=O)N1CCN(S(=O)(=O)c2ccc3ccccc3c2)CC1. The van der Waals surface area contributed by atoms with Gasteiger partial charge in [0.2, 0.25) is 15.9 Å². The van der Waals surface area contributed by atoms with Crippen LogP contribution in [0.5, 0.6) is 0 Å². The summed E-state index contributed by atoms with van der Waals surface area (Å²) >= 11 is 0. The van der Waals surface area contributed by atoms with Gasteiger partial charge in [0.05, 0.1) is 10.9 Å². The summed E-state index contributed by atoms with van der Waals surface area (Å²) in [5.41, 5.74) is 4.97. The Morgan fingerprint density at radius 3 is 2.30 bits per heavy atom. The summed E-state index contributed by atoms with van der Waals surface area (Å²) in [7, 11) is -3.61. The number of rotatable bonds is 4. The van der Waals surface area contributed by atoms with Crippen LogP contribution < -0.4 is 11.1 Å². The lowest BCUT2D eigenvalue weighted by molar-refractivity contribution is -0.125. The van der Waals surface area contributed by atoms with Crippen molar-refractivity contribution in [2.45, 2.75) is 17.9 Å². The standard InChI is InChI=1S/C18H22N4O4S/c1-13(17(23)20-18(19)24)21-8-10-22(11-9-21)27(25,26)16-7-6-14-4-2-3-5-15(14)12-16/h2-7,12-13H,8-11H2,1H3,(H3,19,20,23,24). The van der Waals surface area contributed by atoms with E-state index < -0.39 is 28.0 Å². The number of nitrogens with zero attached hydrogens (tertiary/aromatic N) is 2. The minimum Gasteiger partial charge on any atom is -0.351 e. The summed E-state index contributed by atoms with van der Waals surface area (Å²) < 4.78 is 27.3. The van der Waals surface area contributed by atoms with Crippen molar-refractivity contribution in [3.05, 3.63) is 42.5 Å². The molecule has 8 nitrogen and oxygen atoms in total. The molecule has 0 aromatic heterocycles. The Bertz CT molecular complexity index is 968. The molecule has 0 aliphatic carbocycles. The van der Waals surface area contributed by atoms with Crippen LogP contribution in [0.15, 0.2) is 47.4 Å². The van der Waals surface area contributed by atoms with Crippen LogP contribution in [-0.2, 0) is 14.8 Å². The minimum absolute atomic E-state index is 0.258. The zero-order valence-corrected chi connectivity index (χ0v) is 15.8. The minimum atomic E-state index is -3.61. The number of hydrogen-bond donors (Lipinski definition) is 2. The van der Waals surface area contributed by atoms with Crippen molar-refractivity contribution >= 4 is 32.7 Å². The second kappa shape index (κ2) is 7.63. The zero-order chi connectivity index (χ0) is 19.6. The van der Waals surface area contributed by atoms with E-state index >= 15 is 0 Å². The molecular formula is C18H22N4O4S. The van der Waals surface area contributed by atoms with E-state index in [4.69, 9.17) is 5.73 Å².